The standard InChI is InChI=1S/C15H12Cl2F2N2O/c16-11-3-2-10(8-12(11)17)21-15(22)5-6-20-14-4-1-9(18)7-13(14)19/h1-4,7-8,20H,5-6H2,(H,21,22). The van der Waals surface area contributed by atoms with Crippen molar-refractivity contribution in [3.8, 4) is 0 Å². The zero-order chi connectivity index (χ0) is 16.1. The van der Waals surface area contributed by atoms with Crippen molar-refractivity contribution in [1.29, 1.82) is 0 Å². The van der Waals surface area contributed by atoms with Gasteiger partial charge < -0.3 is 10.6 Å². The van der Waals surface area contributed by atoms with E-state index in [0.717, 1.165) is 12.1 Å². The molecule has 0 aliphatic rings. The number of halogens is 4. The van der Waals surface area contributed by atoms with E-state index in [1.54, 1.807) is 12.1 Å². The van der Waals surface area contributed by atoms with Crippen molar-refractivity contribution in [3.63, 3.8) is 0 Å². The van der Waals surface area contributed by atoms with Crippen LogP contribution in [0.2, 0.25) is 10.0 Å². The van der Waals surface area contributed by atoms with Crippen LogP contribution in [0, 0.1) is 11.6 Å². The number of nitrogens with one attached hydrogen (secondary N) is 2. The van der Waals surface area contributed by atoms with Crippen LogP contribution in [0.4, 0.5) is 20.2 Å². The SMILES string of the molecule is O=C(CCNc1ccc(F)cc1F)Nc1ccc(Cl)c(Cl)c1. The Bertz CT molecular complexity index is 695. The van der Waals surface area contributed by atoms with Crippen LogP contribution in [0.3, 0.4) is 0 Å². The van der Waals surface area contributed by atoms with Crippen LogP contribution >= 0.6 is 23.2 Å². The van der Waals surface area contributed by atoms with Gasteiger partial charge in [-0.15, -0.1) is 0 Å². The third-order valence-electron chi connectivity index (χ3n) is 2.80. The van der Waals surface area contributed by atoms with Gasteiger partial charge in [-0.25, -0.2) is 8.78 Å². The Hall–Kier alpha value is -1.85. The van der Waals surface area contributed by atoms with Gasteiger partial charge in [0.1, 0.15) is 11.6 Å². The summed E-state index contributed by atoms with van der Waals surface area (Å²) in [5.41, 5.74) is 0.663. The third-order valence-corrected chi connectivity index (χ3v) is 3.54. The second-order valence-electron chi connectivity index (χ2n) is 4.48. The minimum Gasteiger partial charge on any atom is -0.382 e. The summed E-state index contributed by atoms with van der Waals surface area (Å²) in [4.78, 5) is 11.8. The maximum Gasteiger partial charge on any atom is 0.226 e. The van der Waals surface area contributed by atoms with Gasteiger partial charge in [0.05, 0.1) is 15.7 Å². The van der Waals surface area contributed by atoms with Crippen molar-refractivity contribution in [2.75, 3.05) is 17.2 Å². The maximum atomic E-state index is 13.4. The lowest BCUT2D eigenvalue weighted by molar-refractivity contribution is -0.115. The largest absolute Gasteiger partial charge is 0.382 e. The van der Waals surface area contributed by atoms with E-state index in [9.17, 15) is 13.6 Å². The maximum absolute atomic E-state index is 13.4. The number of amides is 1. The van der Waals surface area contributed by atoms with Gasteiger partial charge >= 0.3 is 0 Å². The minimum atomic E-state index is -0.704. The number of benzene rings is 2. The van der Waals surface area contributed by atoms with E-state index in [-0.39, 0.29) is 24.6 Å². The number of carbonyl (C=O) groups excluding carboxylic acids is 1. The first-order valence-electron chi connectivity index (χ1n) is 6.39. The molecule has 0 aliphatic carbocycles. The van der Waals surface area contributed by atoms with Crippen LogP contribution in [0.1, 0.15) is 6.42 Å². The molecule has 2 N–H and O–H groups in total. The lowest BCUT2D eigenvalue weighted by atomic mass is 10.2. The van der Waals surface area contributed by atoms with Gasteiger partial charge in [-0.05, 0) is 30.3 Å². The second kappa shape index (κ2) is 7.42. The fourth-order valence-electron chi connectivity index (χ4n) is 1.74. The van der Waals surface area contributed by atoms with E-state index in [2.05, 4.69) is 10.6 Å². The van der Waals surface area contributed by atoms with E-state index in [0.29, 0.717) is 15.7 Å². The highest BCUT2D eigenvalue weighted by Crippen LogP contribution is 2.25. The summed E-state index contributed by atoms with van der Waals surface area (Å²) in [6.45, 7) is 0.204. The molecule has 0 fully saturated rings. The molecule has 0 saturated heterocycles. The molecular weight excluding hydrogens is 333 g/mol. The Labute approximate surface area is 136 Å². The van der Waals surface area contributed by atoms with Gasteiger partial charge in [0.25, 0.3) is 0 Å². The molecule has 3 nitrogen and oxygen atoms in total. The zero-order valence-corrected chi connectivity index (χ0v) is 12.8. The molecule has 116 valence electrons. The number of rotatable bonds is 5. The van der Waals surface area contributed by atoms with Crippen molar-refractivity contribution in [2.45, 2.75) is 6.42 Å². The minimum absolute atomic E-state index is 0.108. The van der Waals surface area contributed by atoms with Crippen molar-refractivity contribution < 1.29 is 13.6 Å². The molecule has 0 radical (unpaired) electrons. The van der Waals surface area contributed by atoms with Gasteiger partial charge in [0.2, 0.25) is 5.91 Å². The average molecular weight is 345 g/mol. The molecule has 0 saturated carbocycles. The van der Waals surface area contributed by atoms with Crippen molar-refractivity contribution >= 4 is 40.5 Å². The summed E-state index contributed by atoms with van der Waals surface area (Å²) >= 11 is 11.6. The highest BCUT2D eigenvalue weighted by molar-refractivity contribution is 6.42. The number of hydrogen-bond acceptors (Lipinski definition) is 2. The van der Waals surface area contributed by atoms with Crippen LogP contribution in [0.25, 0.3) is 0 Å². The monoisotopic (exact) mass is 344 g/mol. The molecule has 2 rings (SSSR count). The van der Waals surface area contributed by atoms with Crippen LogP contribution in [-0.2, 0) is 4.79 Å². The fourth-order valence-corrected chi connectivity index (χ4v) is 2.04. The molecule has 2 aromatic carbocycles. The predicted molar refractivity (Wildman–Crippen MR) is 84.6 cm³/mol. The highest BCUT2D eigenvalue weighted by Gasteiger charge is 2.06. The predicted octanol–water partition coefficient (Wildman–Crippen LogP) is 4.71. The topological polar surface area (TPSA) is 41.1 Å². The molecule has 0 spiro atoms. The van der Waals surface area contributed by atoms with E-state index < -0.39 is 11.6 Å². The number of carbonyl (C=O) groups is 1. The van der Waals surface area contributed by atoms with Crippen LogP contribution in [-0.4, -0.2) is 12.5 Å². The van der Waals surface area contributed by atoms with Gasteiger partial charge in [0, 0.05) is 24.7 Å². The van der Waals surface area contributed by atoms with E-state index in [4.69, 9.17) is 23.2 Å². The molecule has 0 aliphatic heterocycles. The lowest BCUT2D eigenvalue weighted by Crippen LogP contribution is -2.16. The first kappa shape index (κ1) is 16.5. The normalized spacial score (nSPS) is 10.4. The Morgan fingerprint density at radius 1 is 1.05 bits per heavy atom. The van der Waals surface area contributed by atoms with Crippen LogP contribution in [0.5, 0.6) is 0 Å². The molecule has 0 aromatic heterocycles. The Kier molecular flexibility index (Phi) is 5.57. The summed E-state index contributed by atoms with van der Waals surface area (Å²) in [6, 6.07) is 7.93. The van der Waals surface area contributed by atoms with Gasteiger partial charge in [0.15, 0.2) is 0 Å². The summed E-state index contributed by atoms with van der Waals surface area (Å²) in [7, 11) is 0. The Morgan fingerprint density at radius 3 is 2.50 bits per heavy atom. The molecule has 0 heterocycles. The molecule has 0 atom stereocenters. The fraction of sp³-hybridized carbons (Fsp3) is 0.133. The molecule has 1 amide bonds. The Morgan fingerprint density at radius 2 is 1.82 bits per heavy atom. The number of anilines is 2. The van der Waals surface area contributed by atoms with Crippen molar-refractivity contribution in [3.05, 3.63) is 58.1 Å². The van der Waals surface area contributed by atoms with Crippen molar-refractivity contribution in [2.24, 2.45) is 0 Å². The van der Waals surface area contributed by atoms with E-state index in [1.807, 2.05) is 0 Å². The zero-order valence-electron chi connectivity index (χ0n) is 11.3. The molecule has 7 heteroatoms. The van der Waals surface area contributed by atoms with E-state index in [1.165, 1.54) is 12.1 Å². The summed E-state index contributed by atoms with van der Waals surface area (Å²) in [5.74, 6) is -1.63. The van der Waals surface area contributed by atoms with Gasteiger partial charge in [-0.3, -0.25) is 4.79 Å². The highest BCUT2D eigenvalue weighted by atomic mass is 35.5. The molecule has 0 unspecified atom stereocenters. The van der Waals surface area contributed by atoms with E-state index >= 15 is 0 Å². The molecule has 0 bridgehead atoms. The third kappa shape index (κ3) is 4.58. The Balaban J connectivity index is 1.83. The second-order valence-corrected chi connectivity index (χ2v) is 5.29. The average Bonchev–Trinajstić information content (AvgIpc) is 2.45. The van der Waals surface area contributed by atoms with Gasteiger partial charge in [-0.2, -0.15) is 0 Å². The van der Waals surface area contributed by atoms with Gasteiger partial charge in [-0.1, -0.05) is 23.2 Å². The lowest BCUT2D eigenvalue weighted by Gasteiger charge is -2.09. The number of hydrogen-bond donors (Lipinski definition) is 2. The van der Waals surface area contributed by atoms with Crippen LogP contribution in [0.15, 0.2) is 36.4 Å². The van der Waals surface area contributed by atoms with Crippen LogP contribution < -0.4 is 10.6 Å². The summed E-state index contributed by atoms with van der Waals surface area (Å²) in [5, 5.41) is 6.11. The van der Waals surface area contributed by atoms with Crippen molar-refractivity contribution in [1.82, 2.24) is 0 Å². The molecule has 22 heavy (non-hydrogen) atoms. The quantitative estimate of drug-likeness (QED) is 0.824. The molecular formula is C15H12Cl2F2N2O. The first-order valence-corrected chi connectivity index (χ1v) is 7.15. The molecule has 2 aromatic rings. The summed E-state index contributed by atoms with van der Waals surface area (Å²) in [6.07, 6.45) is 0.108. The smallest absolute Gasteiger partial charge is 0.226 e. The first-order chi connectivity index (χ1) is 10.5. The summed E-state index contributed by atoms with van der Waals surface area (Å²) < 4.78 is 26.1.